The first-order valence-electron chi connectivity index (χ1n) is 5.82. The number of hydrogen-bond donors (Lipinski definition) is 1. The van der Waals surface area contributed by atoms with E-state index in [0.29, 0.717) is 11.6 Å². The van der Waals surface area contributed by atoms with Crippen molar-refractivity contribution in [1.82, 2.24) is 5.32 Å². The molecule has 0 saturated carbocycles. The van der Waals surface area contributed by atoms with Gasteiger partial charge in [0.2, 0.25) is 0 Å². The molecule has 1 N–H and O–H groups in total. The van der Waals surface area contributed by atoms with E-state index in [1.54, 1.807) is 13.0 Å². The van der Waals surface area contributed by atoms with Gasteiger partial charge in [-0.25, -0.2) is 4.39 Å². The standard InChI is InChI=1S/C13H18FNO/c1-10-2-3-11(8-13(10)14)9-15-12-4-6-16-7-5-12/h2-3,8,12,15H,4-7,9H2,1H3. The Morgan fingerprint density at radius 2 is 2.12 bits per heavy atom. The Labute approximate surface area is 95.8 Å². The van der Waals surface area contributed by atoms with Crippen molar-refractivity contribution in [2.45, 2.75) is 32.4 Å². The summed E-state index contributed by atoms with van der Waals surface area (Å²) in [6.07, 6.45) is 2.10. The lowest BCUT2D eigenvalue weighted by Crippen LogP contribution is -2.34. The SMILES string of the molecule is Cc1ccc(CNC2CCOCC2)cc1F. The van der Waals surface area contributed by atoms with Gasteiger partial charge in [0.1, 0.15) is 5.82 Å². The second kappa shape index (κ2) is 5.41. The molecule has 0 bridgehead atoms. The minimum Gasteiger partial charge on any atom is -0.381 e. The monoisotopic (exact) mass is 223 g/mol. The van der Waals surface area contributed by atoms with Gasteiger partial charge in [-0.1, -0.05) is 12.1 Å². The molecule has 1 saturated heterocycles. The van der Waals surface area contributed by atoms with E-state index in [9.17, 15) is 4.39 Å². The summed E-state index contributed by atoms with van der Waals surface area (Å²) in [5, 5.41) is 3.44. The van der Waals surface area contributed by atoms with Gasteiger partial charge in [-0.3, -0.25) is 0 Å². The third kappa shape index (κ3) is 3.03. The van der Waals surface area contributed by atoms with Crippen LogP contribution in [0.25, 0.3) is 0 Å². The van der Waals surface area contributed by atoms with Crippen LogP contribution < -0.4 is 5.32 Å². The molecule has 0 radical (unpaired) electrons. The van der Waals surface area contributed by atoms with Crippen LogP contribution in [0, 0.1) is 12.7 Å². The minimum absolute atomic E-state index is 0.119. The van der Waals surface area contributed by atoms with Gasteiger partial charge in [-0.15, -0.1) is 0 Å². The van der Waals surface area contributed by atoms with Crippen molar-refractivity contribution in [3.05, 3.63) is 35.1 Å². The summed E-state index contributed by atoms with van der Waals surface area (Å²) >= 11 is 0. The number of rotatable bonds is 3. The number of halogens is 1. The normalized spacial score (nSPS) is 17.6. The van der Waals surface area contributed by atoms with Crippen molar-refractivity contribution < 1.29 is 9.13 Å². The van der Waals surface area contributed by atoms with Crippen LogP contribution in [0.2, 0.25) is 0 Å². The summed E-state index contributed by atoms with van der Waals surface area (Å²) in [5.41, 5.74) is 1.71. The molecule has 0 amide bonds. The maximum absolute atomic E-state index is 13.3. The molecule has 2 nitrogen and oxygen atoms in total. The Morgan fingerprint density at radius 1 is 1.38 bits per heavy atom. The topological polar surface area (TPSA) is 21.3 Å². The highest BCUT2D eigenvalue weighted by Crippen LogP contribution is 2.11. The molecule has 2 rings (SSSR count). The van der Waals surface area contributed by atoms with Gasteiger partial charge in [0.25, 0.3) is 0 Å². The van der Waals surface area contributed by atoms with Crippen molar-refractivity contribution in [3.63, 3.8) is 0 Å². The lowest BCUT2D eigenvalue weighted by atomic mass is 10.1. The third-order valence-corrected chi connectivity index (χ3v) is 3.05. The minimum atomic E-state index is -0.119. The van der Waals surface area contributed by atoms with E-state index in [1.807, 2.05) is 12.1 Å². The van der Waals surface area contributed by atoms with Crippen molar-refractivity contribution >= 4 is 0 Å². The fraction of sp³-hybridized carbons (Fsp3) is 0.538. The van der Waals surface area contributed by atoms with Crippen LogP contribution in [0.4, 0.5) is 4.39 Å². The molecule has 0 unspecified atom stereocenters. The summed E-state index contributed by atoms with van der Waals surface area (Å²) in [4.78, 5) is 0. The fourth-order valence-corrected chi connectivity index (χ4v) is 1.91. The summed E-state index contributed by atoms with van der Waals surface area (Å²) in [7, 11) is 0. The maximum Gasteiger partial charge on any atom is 0.126 e. The molecule has 0 spiro atoms. The van der Waals surface area contributed by atoms with Crippen LogP contribution in [0.5, 0.6) is 0 Å². The molecule has 1 heterocycles. The zero-order valence-corrected chi connectivity index (χ0v) is 9.63. The van der Waals surface area contributed by atoms with Crippen molar-refractivity contribution in [3.8, 4) is 0 Å². The number of aryl methyl sites for hydroxylation is 1. The first-order chi connectivity index (χ1) is 7.75. The largest absolute Gasteiger partial charge is 0.381 e. The smallest absolute Gasteiger partial charge is 0.126 e. The van der Waals surface area contributed by atoms with E-state index >= 15 is 0 Å². The number of nitrogens with one attached hydrogen (secondary N) is 1. The summed E-state index contributed by atoms with van der Waals surface area (Å²) in [6.45, 7) is 4.19. The molecule has 3 heteroatoms. The van der Waals surface area contributed by atoms with E-state index < -0.39 is 0 Å². The van der Waals surface area contributed by atoms with E-state index in [0.717, 1.165) is 38.2 Å². The highest BCUT2D eigenvalue weighted by molar-refractivity contribution is 5.23. The van der Waals surface area contributed by atoms with Crippen LogP contribution in [-0.2, 0) is 11.3 Å². The molecule has 16 heavy (non-hydrogen) atoms. The predicted octanol–water partition coefficient (Wildman–Crippen LogP) is 2.40. The van der Waals surface area contributed by atoms with E-state index in [1.165, 1.54) is 0 Å². The average molecular weight is 223 g/mol. The van der Waals surface area contributed by atoms with Gasteiger partial charge in [-0.05, 0) is 37.0 Å². The second-order valence-corrected chi connectivity index (χ2v) is 4.35. The molecular weight excluding hydrogens is 205 g/mol. The second-order valence-electron chi connectivity index (χ2n) is 4.35. The molecule has 0 atom stereocenters. The quantitative estimate of drug-likeness (QED) is 0.849. The van der Waals surface area contributed by atoms with Gasteiger partial charge < -0.3 is 10.1 Å². The lowest BCUT2D eigenvalue weighted by Gasteiger charge is -2.23. The highest BCUT2D eigenvalue weighted by atomic mass is 19.1. The van der Waals surface area contributed by atoms with Crippen LogP contribution >= 0.6 is 0 Å². The van der Waals surface area contributed by atoms with Gasteiger partial charge in [0.05, 0.1) is 0 Å². The molecule has 1 aliphatic heterocycles. The Hall–Kier alpha value is -0.930. The number of ether oxygens (including phenoxy) is 1. The van der Waals surface area contributed by atoms with Gasteiger partial charge in [0, 0.05) is 25.8 Å². The van der Waals surface area contributed by atoms with Crippen LogP contribution in [0.1, 0.15) is 24.0 Å². The van der Waals surface area contributed by atoms with Gasteiger partial charge in [0.15, 0.2) is 0 Å². The third-order valence-electron chi connectivity index (χ3n) is 3.05. The first kappa shape index (κ1) is 11.6. The maximum atomic E-state index is 13.3. The van der Waals surface area contributed by atoms with Crippen LogP contribution in [-0.4, -0.2) is 19.3 Å². The van der Waals surface area contributed by atoms with Crippen LogP contribution in [0.15, 0.2) is 18.2 Å². The van der Waals surface area contributed by atoms with Crippen molar-refractivity contribution in [2.24, 2.45) is 0 Å². The molecular formula is C13H18FNO. The summed E-state index contributed by atoms with van der Waals surface area (Å²) < 4.78 is 18.6. The molecule has 1 aromatic carbocycles. The van der Waals surface area contributed by atoms with Gasteiger partial charge in [-0.2, -0.15) is 0 Å². The zero-order chi connectivity index (χ0) is 11.4. The van der Waals surface area contributed by atoms with E-state index in [-0.39, 0.29) is 5.82 Å². The van der Waals surface area contributed by atoms with E-state index in [4.69, 9.17) is 4.74 Å². The summed E-state index contributed by atoms with van der Waals surface area (Å²) in [6, 6.07) is 5.93. The Kier molecular flexibility index (Phi) is 3.91. The lowest BCUT2D eigenvalue weighted by molar-refractivity contribution is 0.0776. The number of hydrogen-bond acceptors (Lipinski definition) is 2. The van der Waals surface area contributed by atoms with Crippen molar-refractivity contribution in [1.29, 1.82) is 0 Å². The molecule has 1 aliphatic rings. The average Bonchev–Trinajstić information content (AvgIpc) is 2.32. The predicted molar refractivity (Wildman–Crippen MR) is 61.8 cm³/mol. The Bertz CT molecular complexity index is 348. The molecule has 1 aromatic rings. The first-order valence-corrected chi connectivity index (χ1v) is 5.82. The number of benzene rings is 1. The van der Waals surface area contributed by atoms with Gasteiger partial charge >= 0.3 is 0 Å². The zero-order valence-electron chi connectivity index (χ0n) is 9.63. The molecule has 0 aromatic heterocycles. The molecule has 1 fully saturated rings. The Balaban J connectivity index is 1.86. The van der Waals surface area contributed by atoms with Crippen molar-refractivity contribution in [2.75, 3.05) is 13.2 Å². The summed E-state index contributed by atoms with van der Waals surface area (Å²) in [5.74, 6) is -0.119. The molecule has 0 aliphatic carbocycles. The van der Waals surface area contributed by atoms with E-state index in [2.05, 4.69) is 5.32 Å². The van der Waals surface area contributed by atoms with Crippen LogP contribution in [0.3, 0.4) is 0 Å². The molecule has 88 valence electrons. The Morgan fingerprint density at radius 3 is 2.81 bits per heavy atom. The highest BCUT2D eigenvalue weighted by Gasteiger charge is 2.12. The fourth-order valence-electron chi connectivity index (χ4n) is 1.91.